The van der Waals surface area contributed by atoms with Crippen molar-refractivity contribution < 1.29 is 28.2 Å². The van der Waals surface area contributed by atoms with Crippen LogP contribution in [0.4, 0.5) is 4.39 Å². The van der Waals surface area contributed by atoms with E-state index in [1.165, 1.54) is 39.5 Å². The summed E-state index contributed by atoms with van der Waals surface area (Å²) in [6.45, 7) is 0.0356. The number of amides is 2. The number of carbonyl (C=O) groups is 2. The van der Waals surface area contributed by atoms with E-state index < -0.39 is 5.82 Å². The molecule has 0 aliphatic rings. The lowest BCUT2D eigenvalue weighted by Crippen LogP contribution is -2.37. The summed E-state index contributed by atoms with van der Waals surface area (Å²) in [6, 6.07) is 9.21. The van der Waals surface area contributed by atoms with Gasteiger partial charge in [-0.1, -0.05) is 12.1 Å². The van der Waals surface area contributed by atoms with Crippen LogP contribution in [0, 0.1) is 5.82 Å². The minimum absolute atomic E-state index is 0.00207. The van der Waals surface area contributed by atoms with Gasteiger partial charge in [0.2, 0.25) is 17.6 Å². The second kappa shape index (κ2) is 10.1. The molecule has 0 unspecified atom stereocenters. The van der Waals surface area contributed by atoms with Crippen molar-refractivity contribution in [3.63, 3.8) is 0 Å². The van der Waals surface area contributed by atoms with E-state index in [0.29, 0.717) is 22.8 Å². The van der Waals surface area contributed by atoms with Crippen molar-refractivity contribution in [1.29, 1.82) is 0 Å². The highest BCUT2D eigenvalue weighted by Gasteiger charge is 2.14. The Hall–Kier alpha value is -3.29. The largest absolute Gasteiger partial charge is 0.493 e. The zero-order valence-electron chi connectivity index (χ0n) is 16.0. The highest BCUT2D eigenvalue weighted by atomic mass is 19.1. The molecule has 0 heterocycles. The molecule has 2 aromatic carbocycles. The number of carbonyl (C=O) groups excluding carboxylic acids is 2. The predicted octanol–water partition coefficient (Wildman–Crippen LogP) is 1.83. The number of benzene rings is 2. The predicted molar refractivity (Wildman–Crippen MR) is 101 cm³/mol. The number of hydrogen-bond donors (Lipinski definition) is 2. The monoisotopic (exact) mass is 390 g/mol. The van der Waals surface area contributed by atoms with Crippen LogP contribution in [0.25, 0.3) is 0 Å². The van der Waals surface area contributed by atoms with Gasteiger partial charge in [0.1, 0.15) is 5.82 Å². The van der Waals surface area contributed by atoms with E-state index in [2.05, 4.69) is 10.6 Å². The number of hydrogen-bond acceptors (Lipinski definition) is 5. The van der Waals surface area contributed by atoms with Crippen molar-refractivity contribution in [1.82, 2.24) is 10.6 Å². The van der Waals surface area contributed by atoms with Gasteiger partial charge < -0.3 is 24.8 Å². The van der Waals surface area contributed by atoms with Crippen LogP contribution in [-0.2, 0) is 22.6 Å². The molecule has 0 saturated carbocycles. The van der Waals surface area contributed by atoms with E-state index in [4.69, 9.17) is 14.2 Å². The fraction of sp³-hybridized carbons (Fsp3) is 0.300. The summed E-state index contributed by atoms with van der Waals surface area (Å²) < 4.78 is 28.9. The van der Waals surface area contributed by atoms with Gasteiger partial charge in [0.05, 0.1) is 34.3 Å². The highest BCUT2D eigenvalue weighted by molar-refractivity contribution is 5.85. The van der Waals surface area contributed by atoms with Gasteiger partial charge in [0, 0.05) is 6.54 Å². The van der Waals surface area contributed by atoms with E-state index in [1.54, 1.807) is 18.2 Å². The van der Waals surface area contributed by atoms with Crippen LogP contribution < -0.4 is 24.8 Å². The average Bonchev–Trinajstić information content (AvgIpc) is 2.69. The van der Waals surface area contributed by atoms with Crippen LogP contribution in [0.5, 0.6) is 17.2 Å². The number of rotatable bonds is 9. The Bertz CT molecular complexity index is 816. The molecular formula is C20H23FN2O5. The molecule has 2 rings (SSSR count). The van der Waals surface area contributed by atoms with Gasteiger partial charge in [-0.05, 0) is 35.4 Å². The molecule has 0 bridgehead atoms. The molecule has 28 heavy (non-hydrogen) atoms. The first kappa shape index (κ1) is 21.0. The summed E-state index contributed by atoms with van der Waals surface area (Å²) in [5.41, 5.74) is 1.28. The molecule has 2 amide bonds. The van der Waals surface area contributed by atoms with Crippen LogP contribution >= 0.6 is 0 Å². The maximum atomic E-state index is 13.1. The zero-order valence-corrected chi connectivity index (χ0v) is 16.0. The number of methoxy groups -OCH3 is 3. The molecule has 0 aliphatic carbocycles. The van der Waals surface area contributed by atoms with Crippen molar-refractivity contribution in [2.75, 3.05) is 27.9 Å². The van der Waals surface area contributed by atoms with Crippen LogP contribution in [0.1, 0.15) is 11.1 Å². The Morgan fingerprint density at radius 2 is 1.57 bits per heavy atom. The third kappa shape index (κ3) is 5.87. The van der Waals surface area contributed by atoms with E-state index in [0.717, 1.165) is 5.56 Å². The second-order valence-electron chi connectivity index (χ2n) is 5.89. The Morgan fingerprint density at radius 1 is 0.893 bits per heavy atom. The number of halogens is 1. The molecule has 0 radical (unpaired) electrons. The summed E-state index contributed by atoms with van der Waals surface area (Å²) in [5, 5.41) is 5.21. The molecule has 2 N–H and O–H groups in total. The summed E-state index contributed by atoms with van der Waals surface area (Å²) in [5.74, 6) is 0.289. The van der Waals surface area contributed by atoms with Crippen LogP contribution in [0.2, 0.25) is 0 Å². The van der Waals surface area contributed by atoms with Crippen molar-refractivity contribution in [3.05, 3.63) is 53.3 Å². The maximum Gasteiger partial charge on any atom is 0.239 e. The Morgan fingerprint density at radius 3 is 2.14 bits per heavy atom. The molecule has 0 atom stereocenters. The lowest BCUT2D eigenvalue weighted by Gasteiger charge is -2.14. The third-order valence-corrected chi connectivity index (χ3v) is 3.91. The topological polar surface area (TPSA) is 85.9 Å². The van der Waals surface area contributed by atoms with Gasteiger partial charge in [-0.25, -0.2) is 4.39 Å². The van der Waals surface area contributed by atoms with Crippen LogP contribution in [-0.4, -0.2) is 39.7 Å². The van der Waals surface area contributed by atoms with Gasteiger partial charge in [-0.3, -0.25) is 9.59 Å². The first-order chi connectivity index (χ1) is 13.5. The summed E-state index contributed by atoms with van der Waals surface area (Å²) in [7, 11) is 4.52. The molecule has 150 valence electrons. The molecule has 0 saturated heterocycles. The fourth-order valence-electron chi connectivity index (χ4n) is 2.57. The Kier molecular flexibility index (Phi) is 7.62. The van der Waals surface area contributed by atoms with Gasteiger partial charge in [0.25, 0.3) is 0 Å². The number of ether oxygens (including phenoxy) is 3. The normalized spacial score (nSPS) is 10.1. The molecule has 0 aliphatic heterocycles. The van der Waals surface area contributed by atoms with Crippen LogP contribution in [0.15, 0.2) is 36.4 Å². The number of nitrogens with one attached hydrogen (secondary N) is 2. The molecule has 2 aromatic rings. The van der Waals surface area contributed by atoms with Crippen LogP contribution in [0.3, 0.4) is 0 Å². The molecule has 7 nitrogen and oxygen atoms in total. The van der Waals surface area contributed by atoms with Gasteiger partial charge in [-0.2, -0.15) is 0 Å². The first-order valence-electron chi connectivity index (χ1n) is 8.53. The standard InChI is InChI=1S/C20H23FN2O5/c1-26-16-8-14(9-17(27-2)20(16)28-3)11-22-19(25)12-23-18(24)10-13-5-4-6-15(21)7-13/h4-9H,10-12H2,1-3H3,(H,22,25)(H,23,24). The van der Waals surface area contributed by atoms with E-state index >= 15 is 0 Å². The third-order valence-electron chi connectivity index (χ3n) is 3.91. The fourth-order valence-corrected chi connectivity index (χ4v) is 2.57. The van der Waals surface area contributed by atoms with Gasteiger partial charge in [0.15, 0.2) is 11.5 Å². The first-order valence-corrected chi connectivity index (χ1v) is 8.53. The van der Waals surface area contributed by atoms with Crippen molar-refractivity contribution in [3.8, 4) is 17.2 Å². The Balaban J connectivity index is 1.86. The molecule has 0 fully saturated rings. The molecular weight excluding hydrogens is 367 g/mol. The highest BCUT2D eigenvalue weighted by Crippen LogP contribution is 2.38. The SMILES string of the molecule is COc1cc(CNC(=O)CNC(=O)Cc2cccc(F)c2)cc(OC)c1OC. The quantitative estimate of drug-likeness (QED) is 0.682. The average molecular weight is 390 g/mol. The van der Waals surface area contributed by atoms with Gasteiger partial charge >= 0.3 is 0 Å². The molecule has 8 heteroatoms. The minimum atomic E-state index is -0.409. The van der Waals surface area contributed by atoms with E-state index in [-0.39, 0.29) is 31.3 Å². The van der Waals surface area contributed by atoms with Crippen molar-refractivity contribution in [2.45, 2.75) is 13.0 Å². The van der Waals surface area contributed by atoms with E-state index in [1.807, 2.05) is 0 Å². The summed E-state index contributed by atoms with van der Waals surface area (Å²) in [4.78, 5) is 23.9. The smallest absolute Gasteiger partial charge is 0.239 e. The lowest BCUT2D eigenvalue weighted by atomic mass is 10.1. The zero-order chi connectivity index (χ0) is 20.5. The lowest BCUT2D eigenvalue weighted by molar-refractivity contribution is -0.125. The van der Waals surface area contributed by atoms with Crippen molar-refractivity contribution >= 4 is 11.8 Å². The van der Waals surface area contributed by atoms with Gasteiger partial charge in [-0.15, -0.1) is 0 Å². The van der Waals surface area contributed by atoms with E-state index in [9.17, 15) is 14.0 Å². The summed E-state index contributed by atoms with van der Waals surface area (Å²) in [6.07, 6.45) is -0.00207. The minimum Gasteiger partial charge on any atom is -0.493 e. The molecule has 0 aromatic heterocycles. The Labute approximate surface area is 162 Å². The van der Waals surface area contributed by atoms with Crippen molar-refractivity contribution in [2.24, 2.45) is 0 Å². The maximum absolute atomic E-state index is 13.1. The molecule has 0 spiro atoms. The second-order valence-corrected chi connectivity index (χ2v) is 5.89. The summed E-state index contributed by atoms with van der Waals surface area (Å²) >= 11 is 0.